The number of aromatic amines is 1. The van der Waals surface area contributed by atoms with E-state index < -0.39 is 5.92 Å². The number of hydrogen-bond acceptors (Lipinski definition) is 5. The number of nitrogens with one attached hydrogen (secondary N) is 1. The highest BCUT2D eigenvalue weighted by Crippen LogP contribution is 2.45. The Kier molecular flexibility index (Phi) is 5.89. The third kappa shape index (κ3) is 4.19. The van der Waals surface area contributed by atoms with E-state index in [2.05, 4.69) is 16.3 Å². The second-order valence-electron chi connectivity index (χ2n) is 7.74. The van der Waals surface area contributed by atoms with Gasteiger partial charge in [-0.1, -0.05) is 59.6 Å². The fraction of sp³-hybridized carbons (Fsp3) is 0.0769. The predicted molar refractivity (Wildman–Crippen MR) is 131 cm³/mol. The fourth-order valence-electron chi connectivity index (χ4n) is 3.96. The lowest BCUT2D eigenvalue weighted by Crippen LogP contribution is -2.21. The molecule has 0 fully saturated rings. The maximum absolute atomic E-state index is 9.89. The highest BCUT2D eigenvalue weighted by atomic mass is 35.5. The molecule has 3 N–H and O–H groups in total. The van der Waals surface area contributed by atoms with Crippen LogP contribution in [0.25, 0.3) is 11.3 Å². The van der Waals surface area contributed by atoms with Crippen molar-refractivity contribution in [2.24, 2.45) is 5.73 Å². The summed E-state index contributed by atoms with van der Waals surface area (Å²) in [5.74, 6) is 0.611. The van der Waals surface area contributed by atoms with Crippen LogP contribution in [0, 0.1) is 11.3 Å². The molecule has 0 spiro atoms. The molecule has 0 radical (unpaired) electrons. The summed E-state index contributed by atoms with van der Waals surface area (Å²) in [6, 6.07) is 24.6. The first-order valence-corrected chi connectivity index (χ1v) is 11.2. The van der Waals surface area contributed by atoms with Gasteiger partial charge in [0.2, 0.25) is 11.8 Å². The van der Waals surface area contributed by atoms with Gasteiger partial charge < -0.3 is 15.2 Å². The Hall–Kier alpha value is -3.92. The van der Waals surface area contributed by atoms with E-state index >= 15 is 0 Å². The Bertz CT molecular complexity index is 1420. The van der Waals surface area contributed by atoms with E-state index in [4.69, 9.17) is 38.4 Å². The van der Waals surface area contributed by atoms with Crippen molar-refractivity contribution in [3.05, 3.63) is 111 Å². The van der Waals surface area contributed by atoms with Crippen molar-refractivity contribution < 1.29 is 9.47 Å². The van der Waals surface area contributed by atoms with Gasteiger partial charge in [-0.05, 0) is 47.5 Å². The SMILES string of the molecule is N#CC1=C(N)Oc2n[nH]c(-c3ccc(Cl)cc3)c2[C@@H]1c1ccc(OCc2cccc(Cl)c2)cc1. The van der Waals surface area contributed by atoms with Crippen LogP contribution < -0.4 is 15.2 Å². The molecule has 34 heavy (non-hydrogen) atoms. The minimum absolute atomic E-state index is 0.0374. The lowest BCUT2D eigenvalue weighted by Gasteiger charge is -2.24. The number of benzene rings is 3. The predicted octanol–water partition coefficient (Wildman–Crippen LogP) is 6.18. The van der Waals surface area contributed by atoms with Gasteiger partial charge in [0.25, 0.3) is 0 Å². The maximum atomic E-state index is 9.89. The average molecular weight is 489 g/mol. The van der Waals surface area contributed by atoms with Gasteiger partial charge in [-0.15, -0.1) is 5.10 Å². The molecule has 0 bridgehead atoms. The summed E-state index contributed by atoms with van der Waals surface area (Å²) in [6.07, 6.45) is 0. The molecule has 0 aliphatic carbocycles. The Morgan fingerprint density at radius 3 is 2.50 bits per heavy atom. The molecular formula is C26H18Cl2N4O2. The van der Waals surface area contributed by atoms with Crippen LogP contribution >= 0.6 is 23.2 Å². The number of nitrogens with zero attached hydrogens (tertiary/aromatic N) is 2. The number of halogens is 2. The van der Waals surface area contributed by atoms with Crippen LogP contribution in [-0.4, -0.2) is 10.2 Å². The quantitative estimate of drug-likeness (QED) is 0.349. The summed E-state index contributed by atoms with van der Waals surface area (Å²) >= 11 is 12.1. The first-order chi connectivity index (χ1) is 16.5. The number of allylic oxidation sites excluding steroid dienone is 1. The number of nitrogens with two attached hydrogens (primary N) is 1. The molecule has 168 valence electrons. The van der Waals surface area contributed by atoms with E-state index in [0.717, 1.165) is 27.9 Å². The lowest BCUT2D eigenvalue weighted by atomic mass is 9.83. The zero-order chi connectivity index (χ0) is 23.7. The average Bonchev–Trinajstić information content (AvgIpc) is 3.26. The number of hydrogen-bond donors (Lipinski definition) is 2. The molecule has 4 aromatic rings. The number of H-pyrrole nitrogens is 1. The minimum Gasteiger partial charge on any atom is -0.489 e. The minimum atomic E-state index is -0.458. The molecule has 1 aliphatic heterocycles. The fourth-order valence-corrected chi connectivity index (χ4v) is 4.30. The smallest absolute Gasteiger partial charge is 0.244 e. The van der Waals surface area contributed by atoms with Gasteiger partial charge in [0, 0.05) is 15.6 Å². The van der Waals surface area contributed by atoms with Crippen LogP contribution in [0.1, 0.15) is 22.6 Å². The van der Waals surface area contributed by atoms with Gasteiger partial charge in [0.05, 0.1) is 17.2 Å². The van der Waals surface area contributed by atoms with Crippen LogP contribution in [0.2, 0.25) is 10.0 Å². The first-order valence-electron chi connectivity index (χ1n) is 10.4. The first kappa shape index (κ1) is 21.9. The number of aromatic nitrogens is 2. The van der Waals surface area contributed by atoms with Crippen LogP contribution in [0.3, 0.4) is 0 Å². The summed E-state index contributed by atoms with van der Waals surface area (Å²) in [6.45, 7) is 0.389. The third-order valence-electron chi connectivity index (χ3n) is 5.58. The summed E-state index contributed by atoms with van der Waals surface area (Å²) in [5, 5.41) is 18.5. The normalized spacial score (nSPS) is 14.8. The number of rotatable bonds is 5. The van der Waals surface area contributed by atoms with E-state index in [1.54, 1.807) is 12.1 Å². The molecule has 0 amide bonds. The van der Waals surface area contributed by atoms with E-state index in [1.165, 1.54) is 0 Å². The van der Waals surface area contributed by atoms with Gasteiger partial charge in [0.1, 0.15) is 24.0 Å². The molecule has 1 aromatic heterocycles. The largest absolute Gasteiger partial charge is 0.489 e. The zero-order valence-electron chi connectivity index (χ0n) is 17.8. The van der Waals surface area contributed by atoms with Crippen molar-refractivity contribution >= 4 is 23.2 Å². The highest BCUT2D eigenvalue weighted by Gasteiger charge is 2.35. The van der Waals surface area contributed by atoms with Crippen molar-refractivity contribution in [1.29, 1.82) is 5.26 Å². The monoisotopic (exact) mass is 488 g/mol. The van der Waals surface area contributed by atoms with Gasteiger partial charge in [-0.3, -0.25) is 5.10 Å². The van der Waals surface area contributed by atoms with Gasteiger partial charge in [-0.25, -0.2) is 0 Å². The molecular weight excluding hydrogens is 471 g/mol. The van der Waals surface area contributed by atoms with Crippen LogP contribution in [0.4, 0.5) is 0 Å². The Labute approximate surface area is 206 Å². The molecule has 1 atom stereocenters. The van der Waals surface area contributed by atoms with Crippen molar-refractivity contribution in [2.45, 2.75) is 12.5 Å². The maximum Gasteiger partial charge on any atom is 0.244 e. The van der Waals surface area contributed by atoms with E-state index in [0.29, 0.717) is 33.9 Å². The second kappa shape index (κ2) is 9.14. The summed E-state index contributed by atoms with van der Waals surface area (Å²) in [7, 11) is 0. The molecule has 8 heteroatoms. The summed E-state index contributed by atoms with van der Waals surface area (Å²) in [4.78, 5) is 0. The summed E-state index contributed by atoms with van der Waals surface area (Å²) < 4.78 is 11.6. The van der Waals surface area contributed by atoms with Crippen LogP contribution in [0.15, 0.2) is 84.3 Å². The molecule has 0 saturated heterocycles. The van der Waals surface area contributed by atoms with Gasteiger partial charge >= 0.3 is 0 Å². The van der Waals surface area contributed by atoms with Crippen molar-refractivity contribution in [3.63, 3.8) is 0 Å². The topological polar surface area (TPSA) is 97.0 Å². The summed E-state index contributed by atoms with van der Waals surface area (Å²) in [5.41, 5.74) is 10.6. The van der Waals surface area contributed by atoms with Crippen LogP contribution in [0.5, 0.6) is 11.6 Å². The van der Waals surface area contributed by atoms with E-state index in [-0.39, 0.29) is 5.88 Å². The van der Waals surface area contributed by atoms with E-state index in [1.807, 2.05) is 60.7 Å². The van der Waals surface area contributed by atoms with Gasteiger partial charge in [-0.2, -0.15) is 5.26 Å². The van der Waals surface area contributed by atoms with Crippen molar-refractivity contribution in [1.82, 2.24) is 10.2 Å². The third-order valence-corrected chi connectivity index (χ3v) is 6.07. The molecule has 0 unspecified atom stereocenters. The number of nitriles is 1. The Morgan fingerprint density at radius 2 is 1.79 bits per heavy atom. The van der Waals surface area contributed by atoms with Crippen molar-refractivity contribution in [3.8, 4) is 29.0 Å². The molecule has 0 saturated carbocycles. The second-order valence-corrected chi connectivity index (χ2v) is 8.61. The standard InChI is InChI=1S/C26H18Cl2N4O2/c27-18-8-4-17(5-9-18)24-23-22(21(13-29)25(30)34-26(23)32-31-24)16-6-10-20(11-7-16)33-14-15-2-1-3-19(28)12-15/h1-12,22H,14,30H2,(H,31,32)/t22-/m1/s1. The van der Waals surface area contributed by atoms with E-state index in [9.17, 15) is 5.26 Å². The van der Waals surface area contributed by atoms with Crippen LogP contribution in [-0.2, 0) is 6.61 Å². The van der Waals surface area contributed by atoms with Gasteiger partial charge in [0.15, 0.2) is 0 Å². The number of ether oxygens (including phenoxy) is 2. The molecule has 1 aliphatic rings. The lowest BCUT2D eigenvalue weighted by molar-refractivity contribution is 0.306. The Morgan fingerprint density at radius 1 is 1.03 bits per heavy atom. The Balaban J connectivity index is 1.48. The number of fused-ring (bicyclic) bond motifs is 1. The molecule has 3 aromatic carbocycles. The van der Waals surface area contributed by atoms with Crippen molar-refractivity contribution in [2.75, 3.05) is 0 Å². The molecule has 6 nitrogen and oxygen atoms in total. The highest BCUT2D eigenvalue weighted by molar-refractivity contribution is 6.30. The molecule has 5 rings (SSSR count). The zero-order valence-corrected chi connectivity index (χ0v) is 19.3. The molecule has 2 heterocycles.